The van der Waals surface area contributed by atoms with Crippen molar-refractivity contribution in [3.8, 4) is 0 Å². The van der Waals surface area contributed by atoms with Crippen molar-refractivity contribution in [1.82, 2.24) is 4.90 Å². The molecule has 0 unspecified atom stereocenters. The summed E-state index contributed by atoms with van der Waals surface area (Å²) < 4.78 is 5.28. The fourth-order valence-corrected chi connectivity index (χ4v) is 1.70. The summed E-state index contributed by atoms with van der Waals surface area (Å²) in [7, 11) is 0. The number of ether oxygens (including phenoxy) is 1. The van der Waals surface area contributed by atoms with E-state index >= 15 is 0 Å². The minimum absolute atomic E-state index is 0.324. The summed E-state index contributed by atoms with van der Waals surface area (Å²) in [6.45, 7) is 3.54. The Hall–Kier alpha value is -1.22. The van der Waals surface area contributed by atoms with E-state index in [9.17, 15) is 0 Å². The first-order valence-corrected chi connectivity index (χ1v) is 4.80. The molecule has 1 aliphatic heterocycles. The van der Waals surface area contributed by atoms with Gasteiger partial charge in [0.05, 0.1) is 13.2 Å². The summed E-state index contributed by atoms with van der Waals surface area (Å²) >= 11 is 0. The maximum absolute atomic E-state index is 8.54. The molecule has 2 rings (SSSR count). The van der Waals surface area contributed by atoms with Crippen LogP contribution in [-0.4, -0.2) is 47.7 Å². The molecular weight excluding hydrogens is 178 g/mol. The normalized spacial score (nSPS) is 27.7. The summed E-state index contributed by atoms with van der Waals surface area (Å²) in [4.78, 5) is 5.46. The van der Waals surface area contributed by atoms with Gasteiger partial charge in [0.25, 0.3) is 0 Å². The van der Waals surface area contributed by atoms with E-state index in [-0.39, 0.29) is 0 Å². The molecule has 0 spiro atoms. The van der Waals surface area contributed by atoms with Gasteiger partial charge in [0.15, 0.2) is 0 Å². The smallest absolute Gasteiger partial charge is 0.314 e. The quantitative estimate of drug-likeness (QED) is 0.447. The minimum Gasteiger partial charge on any atom is -0.379 e. The van der Waals surface area contributed by atoms with Crippen LogP contribution in [0.3, 0.4) is 0 Å². The third kappa shape index (κ3) is 1.99. The summed E-state index contributed by atoms with van der Waals surface area (Å²) in [6.07, 6.45) is 7.75. The molecule has 1 saturated heterocycles. The minimum atomic E-state index is 0.324. The SMILES string of the molecule is [N-]=[N+]=C1C=CC(N2CCOCC2)C=C1. The van der Waals surface area contributed by atoms with Crippen LogP contribution in [-0.2, 0) is 4.74 Å². The van der Waals surface area contributed by atoms with Gasteiger partial charge in [-0.2, -0.15) is 4.79 Å². The number of nitrogens with zero attached hydrogens (tertiary/aromatic N) is 3. The Morgan fingerprint density at radius 3 is 2.50 bits per heavy atom. The van der Waals surface area contributed by atoms with Gasteiger partial charge in [-0.05, 0) is 0 Å². The zero-order valence-electron chi connectivity index (χ0n) is 7.97. The Balaban J connectivity index is 2.00. The molecule has 0 aromatic rings. The van der Waals surface area contributed by atoms with Crippen LogP contribution in [0.25, 0.3) is 5.53 Å². The highest BCUT2D eigenvalue weighted by Gasteiger charge is 2.19. The van der Waals surface area contributed by atoms with Crippen molar-refractivity contribution in [1.29, 1.82) is 0 Å². The molecule has 2 aliphatic rings. The lowest BCUT2D eigenvalue weighted by Gasteiger charge is -2.31. The summed E-state index contributed by atoms with van der Waals surface area (Å²) in [5.74, 6) is 0. The lowest BCUT2D eigenvalue weighted by molar-refractivity contribution is -0.00199. The topological polar surface area (TPSA) is 48.9 Å². The molecule has 74 valence electrons. The molecule has 0 amide bonds. The van der Waals surface area contributed by atoms with Crippen molar-refractivity contribution in [3.05, 3.63) is 29.8 Å². The summed E-state index contributed by atoms with van der Waals surface area (Å²) in [5.41, 5.74) is 9.15. The van der Waals surface area contributed by atoms with Gasteiger partial charge in [-0.3, -0.25) is 4.90 Å². The van der Waals surface area contributed by atoms with Crippen molar-refractivity contribution in [3.63, 3.8) is 0 Å². The maximum atomic E-state index is 8.54. The van der Waals surface area contributed by atoms with Gasteiger partial charge in [0.1, 0.15) is 0 Å². The molecule has 14 heavy (non-hydrogen) atoms. The fraction of sp³-hybridized carbons (Fsp3) is 0.500. The average molecular weight is 191 g/mol. The Morgan fingerprint density at radius 2 is 1.93 bits per heavy atom. The molecule has 4 heteroatoms. The number of hydrogen-bond acceptors (Lipinski definition) is 2. The van der Waals surface area contributed by atoms with Crippen LogP contribution in [0.1, 0.15) is 0 Å². The first kappa shape index (κ1) is 9.34. The van der Waals surface area contributed by atoms with Gasteiger partial charge >= 0.3 is 5.71 Å². The molecule has 0 radical (unpaired) electrons. The third-order valence-corrected chi connectivity index (χ3v) is 2.51. The highest BCUT2D eigenvalue weighted by Crippen LogP contribution is 2.10. The lowest BCUT2D eigenvalue weighted by Crippen LogP contribution is -2.42. The van der Waals surface area contributed by atoms with Crippen LogP contribution >= 0.6 is 0 Å². The number of allylic oxidation sites excluding steroid dienone is 2. The zero-order valence-corrected chi connectivity index (χ0v) is 7.97. The first-order valence-electron chi connectivity index (χ1n) is 4.80. The van der Waals surface area contributed by atoms with Gasteiger partial charge in [0, 0.05) is 31.3 Å². The van der Waals surface area contributed by atoms with Crippen LogP contribution in [0.5, 0.6) is 0 Å². The molecule has 1 heterocycles. The largest absolute Gasteiger partial charge is 0.379 e. The van der Waals surface area contributed by atoms with E-state index in [0.717, 1.165) is 26.3 Å². The molecule has 0 saturated carbocycles. The average Bonchev–Trinajstić information content (AvgIpc) is 2.30. The molecule has 1 aliphatic carbocycles. The van der Waals surface area contributed by atoms with Gasteiger partial charge in [-0.1, -0.05) is 12.2 Å². The number of rotatable bonds is 1. The van der Waals surface area contributed by atoms with Gasteiger partial charge in [-0.15, -0.1) is 0 Å². The first-order chi connectivity index (χ1) is 6.90. The van der Waals surface area contributed by atoms with Crippen molar-refractivity contribution >= 4 is 5.71 Å². The molecule has 0 atom stereocenters. The van der Waals surface area contributed by atoms with E-state index in [1.165, 1.54) is 0 Å². The molecule has 0 N–H and O–H groups in total. The second kappa shape index (κ2) is 4.33. The van der Waals surface area contributed by atoms with Gasteiger partial charge in [-0.25, -0.2) is 0 Å². The van der Waals surface area contributed by atoms with Crippen molar-refractivity contribution in [2.45, 2.75) is 6.04 Å². The summed E-state index contributed by atoms with van der Waals surface area (Å²) in [6, 6.07) is 0.324. The van der Waals surface area contributed by atoms with Crippen molar-refractivity contribution in [2.24, 2.45) is 0 Å². The van der Waals surface area contributed by atoms with Crippen molar-refractivity contribution in [2.75, 3.05) is 26.3 Å². The van der Waals surface area contributed by atoms with E-state index in [0.29, 0.717) is 11.8 Å². The van der Waals surface area contributed by atoms with E-state index in [4.69, 9.17) is 10.3 Å². The van der Waals surface area contributed by atoms with Crippen LogP contribution in [0.15, 0.2) is 24.3 Å². The molecule has 1 fully saturated rings. The van der Waals surface area contributed by atoms with Crippen LogP contribution in [0.2, 0.25) is 0 Å². The zero-order chi connectivity index (χ0) is 9.80. The van der Waals surface area contributed by atoms with E-state index in [2.05, 4.69) is 9.69 Å². The van der Waals surface area contributed by atoms with Crippen LogP contribution in [0, 0.1) is 0 Å². The van der Waals surface area contributed by atoms with E-state index in [1.807, 2.05) is 24.3 Å². The van der Waals surface area contributed by atoms with Gasteiger partial charge in [0.2, 0.25) is 0 Å². The Labute approximate surface area is 83.1 Å². The molecule has 4 nitrogen and oxygen atoms in total. The Bertz CT molecular complexity index is 293. The Morgan fingerprint density at radius 1 is 1.29 bits per heavy atom. The molecule has 0 aromatic heterocycles. The number of hydrogen-bond donors (Lipinski definition) is 0. The predicted octanol–water partition coefficient (Wildman–Crippen LogP) is 0.484. The lowest BCUT2D eigenvalue weighted by atomic mass is 10.1. The monoisotopic (exact) mass is 191 g/mol. The second-order valence-corrected chi connectivity index (χ2v) is 3.38. The predicted molar refractivity (Wildman–Crippen MR) is 53.1 cm³/mol. The molecule has 0 aromatic carbocycles. The Kier molecular flexibility index (Phi) is 2.89. The maximum Gasteiger partial charge on any atom is 0.314 e. The standard InChI is InChI=1S/C10H13N3O/c11-12-9-1-3-10(4-2-9)13-5-7-14-8-6-13/h1-4,10H,5-8H2. The van der Waals surface area contributed by atoms with Gasteiger partial charge < -0.3 is 10.3 Å². The van der Waals surface area contributed by atoms with Crippen LogP contribution < -0.4 is 0 Å². The number of morpholine rings is 1. The molecule has 0 bridgehead atoms. The van der Waals surface area contributed by atoms with Crippen molar-refractivity contribution < 1.29 is 9.53 Å². The van der Waals surface area contributed by atoms with E-state index < -0.39 is 0 Å². The summed E-state index contributed by atoms with van der Waals surface area (Å²) in [5, 5.41) is 0. The van der Waals surface area contributed by atoms with E-state index in [1.54, 1.807) is 0 Å². The fourth-order valence-electron chi connectivity index (χ4n) is 1.70. The molecular formula is C10H13N3O. The highest BCUT2D eigenvalue weighted by molar-refractivity contribution is 6.00. The third-order valence-electron chi connectivity index (χ3n) is 2.51. The highest BCUT2D eigenvalue weighted by atomic mass is 16.5. The second-order valence-electron chi connectivity index (χ2n) is 3.38. The van der Waals surface area contributed by atoms with Crippen LogP contribution in [0.4, 0.5) is 0 Å².